The molecule has 0 aromatic heterocycles. The summed E-state index contributed by atoms with van der Waals surface area (Å²) in [5, 5.41) is 0. The number of benzene rings is 2. The van der Waals surface area contributed by atoms with Crippen molar-refractivity contribution < 1.29 is 17.9 Å². The van der Waals surface area contributed by atoms with Crippen LogP contribution in [0.15, 0.2) is 47.4 Å². The van der Waals surface area contributed by atoms with Crippen molar-refractivity contribution in [3.8, 4) is 0 Å². The summed E-state index contributed by atoms with van der Waals surface area (Å²) in [5.41, 5.74) is 5.28. The molecule has 0 aliphatic carbocycles. The summed E-state index contributed by atoms with van der Waals surface area (Å²) < 4.78 is 32.0. The fourth-order valence-electron chi connectivity index (χ4n) is 3.47. The molecule has 2 aromatic rings. The molecule has 0 saturated heterocycles. The third-order valence-corrected chi connectivity index (χ3v) is 7.62. The topological polar surface area (TPSA) is 63.7 Å². The first-order chi connectivity index (χ1) is 14.9. The van der Waals surface area contributed by atoms with Crippen molar-refractivity contribution in [1.29, 1.82) is 0 Å². The minimum atomic E-state index is -3.49. The van der Waals surface area contributed by atoms with Crippen LogP contribution in [0.3, 0.4) is 0 Å². The van der Waals surface area contributed by atoms with Crippen molar-refractivity contribution >= 4 is 22.1 Å². The zero-order valence-electron chi connectivity index (χ0n) is 20.2. The lowest BCUT2D eigenvalue weighted by atomic mass is 9.84. The van der Waals surface area contributed by atoms with Gasteiger partial charge in [-0.3, -0.25) is 0 Å². The van der Waals surface area contributed by atoms with E-state index in [0.29, 0.717) is 13.1 Å². The van der Waals surface area contributed by atoms with E-state index in [2.05, 4.69) is 32.9 Å². The highest BCUT2D eigenvalue weighted by molar-refractivity contribution is 7.89. The maximum atomic E-state index is 12.6. The highest BCUT2D eigenvalue weighted by Gasteiger charge is 2.21. The molecular formula is C26H35NO4S. The number of aryl methyl sites for hydroxylation is 2. The van der Waals surface area contributed by atoms with Gasteiger partial charge in [0.05, 0.1) is 4.90 Å². The van der Waals surface area contributed by atoms with E-state index in [0.717, 1.165) is 22.3 Å². The van der Waals surface area contributed by atoms with E-state index in [-0.39, 0.29) is 16.9 Å². The van der Waals surface area contributed by atoms with Crippen LogP contribution in [0.25, 0.3) is 6.08 Å². The fraction of sp³-hybridized carbons (Fsp3) is 0.423. The predicted octanol–water partition coefficient (Wildman–Crippen LogP) is 5.39. The first-order valence-corrected chi connectivity index (χ1v) is 12.4. The summed E-state index contributed by atoms with van der Waals surface area (Å²) in [4.78, 5) is 12.5. The molecule has 6 heteroatoms. The molecule has 0 amide bonds. The Morgan fingerprint density at radius 2 is 1.53 bits per heavy atom. The largest absolute Gasteiger partial charge is 0.458 e. The van der Waals surface area contributed by atoms with Gasteiger partial charge in [0.25, 0.3) is 0 Å². The van der Waals surface area contributed by atoms with Crippen molar-refractivity contribution in [2.75, 3.05) is 13.1 Å². The number of nitrogens with zero attached hydrogens (tertiary/aromatic N) is 1. The summed E-state index contributed by atoms with van der Waals surface area (Å²) in [7, 11) is -3.49. The van der Waals surface area contributed by atoms with Crippen molar-refractivity contribution in [3.05, 3.63) is 70.3 Å². The Labute approximate surface area is 193 Å². The van der Waals surface area contributed by atoms with Crippen LogP contribution >= 0.6 is 0 Å². The minimum Gasteiger partial charge on any atom is -0.458 e. The van der Waals surface area contributed by atoms with Crippen LogP contribution in [-0.2, 0) is 31.6 Å². The van der Waals surface area contributed by atoms with E-state index in [1.807, 2.05) is 27.7 Å². The lowest BCUT2D eigenvalue weighted by Gasteiger charge is -2.22. The van der Waals surface area contributed by atoms with Crippen LogP contribution in [0.5, 0.6) is 0 Å². The molecule has 32 heavy (non-hydrogen) atoms. The summed E-state index contributed by atoms with van der Waals surface area (Å²) >= 11 is 0. The van der Waals surface area contributed by atoms with Crippen LogP contribution in [-0.4, -0.2) is 31.8 Å². The van der Waals surface area contributed by atoms with Gasteiger partial charge in [-0.25, -0.2) is 13.2 Å². The number of hydrogen-bond acceptors (Lipinski definition) is 4. The standard InChI is InChI=1S/C26H35NO4S/c1-8-27(9-2)32(29,30)23-13-10-21(11-14-23)12-15-25(28)31-18-24-19(3)16-22(17-20(24)4)26(5,6)7/h10-17H,8-9,18H2,1-7H3. The Hall–Kier alpha value is -2.44. The van der Waals surface area contributed by atoms with Gasteiger partial charge in [0, 0.05) is 19.2 Å². The molecule has 0 saturated carbocycles. The number of carbonyl (C=O) groups excluding carboxylic acids is 1. The van der Waals surface area contributed by atoms with E-state index in [9.17, 15) is 13.2 Å². The third-order valence-electron chi connectivity index (χ3n) is 5.56. The molecule has 0 fully saturated rings. The van der Waals surface area contributed by atoms with E-state index in [1.165, 1.54) is 15.9 Å². The molecular weight excluding hydrogens is 422 g/mol. The maximum absolute atomic E-state index is 12.6. The first-order valence-electron chi connectivity index (χ1n) is 11.0. The third kappa shape index (κ3) is 6.30. The molecule has 0 radical (unpaired) electrons. The van der Waals surface area contributed by atoms with Crippen molar-refractivity contribution in [3.63, 3.8) is 0 Å². The molecule has 5 nitrogen and oxygen atoms in total. The number of esters is 1. The van der Waals surface area contributed by atoms with E-state index in [1.54, 1.807) is 30.3 Å². The summed E-state index contributed by atoms with van der Waals surface area (Å²) in [6.07, 6.45) is 2.99. The SMILES string of the molecule is CCN(CC)S(=O)(=O)c1ccc(C=CC(=O)OCc2c(C)cc(C(C)(C)C)cc2C)cc1. The number of carbonyl (C=O) groups is 1. The lowest BCUT2D eigenvalue weighted by Crippen LogP contribution is -2.30. The first kappa shape index (κ1) is 25.8. The lowest BCUT2D eigenvalue weighted by molar-refractivity contribution is -0.138. The Kier molecular flexibility index (Phi) is 8.43. The second-order valence-corrected chi connectivity index (χ2v) is 10.9. The molecule has 0 atom stereocenters. The second-order valence-electron chi connectivity index (χ2n) is 8.94. The van der Waals surface area contributed by atoms with Gasteiger partial charge in [0.1, 0.15) is 6.61 Å². The summed E-state index contributed by atoms with van der Waals surface area (Å²) in [5.74, 6) is -0.441. The van der Waals surface area contributed by atoms with Gasteiger partial charge in [-0.15, -0.1) is 0 Å². The van der Waals surface area contributed by atoms with Gasteiger partial charge in [0.15, 0.2) is 0 Å². The van der Waals surface area contributed by atoms with E-state index < -0.39 is 16.0 Å². The Morgan fingerprint density at radius 3 is 2.00 bits per heavy atom. The Morgan fingerprint density at radius 1 is 1.00 bits per heavy atom. The molecule has 0 aliphatic rings. The maximum Gasteiger partial charge on any atom is 0.331 e. The molecule has 174 valence electrons. The van der Waals surface area contributed by atoms with E-state index in [4.69, 9.17) is 4.74 Å². The van der Waals surface area contributed by atoms with Crippen molar-refractivity contribution in [2.24, 2.45) is 0 Å². The predicted molar refractivity (Wildman–Crippen MR) is 130 cm³/mol. The van der Waals surface area contributed by atoms with Crippen LogP contribution in [0.1, 0.15) is 62.4 Å². The highest BCUT2D eigenvalue weighted by atomic mass is 32.2. The van der Waals surface area contributed by atoms with Gasteiger partial charge in [-0.05, 0) is 65.3 Å². The molecule has 0 N–H and O–H groups in total. The molecule has 2 rings (SSSR count). The van der Waals surface area contributed by atoms with Gasteiger partial charge < -0.3 is 4.74 Å². The number of ether oxygens (including phenoxy) is 1. The highest BCUT2D eigenvalue weighted by Crippen LogP contribution is 2.27. The monoisotopic (exact) mass is 457 g/mol. The zero-order chi connectivity index (χ0) is 24.1. The van der Waals surface area contributed by atoms with Gasteiger partial charge in [-0.2, -0.15) is 4.31 Å². The van der Waals surface area contributed by atoms with Gasteiger partial charge >= 0.3 is 5.97 Å². The van der Waals surface area contributed by atoms with Crippen molar-refractivity contribution in [1.82, 2.24) is 4.31 Å². The van der Waals surface area contributed by atoms with Gasteiger partial charge in [-0.1, -0.05) is 58.9 Å². The molecule has 0 unspecified atom stereocenters. The normalized spacial score (nSPS) is 12.5. The molecule has 0 spiro atoms. The van der Waals surface area contributed by atoms with Crippen LogP contribution in [0.4, 0.5) is 0 Å². The summed E-state index contributed by atoms with van der Waals surface area (Å²) in [6.45, 7) is 15.3. The molecule has 0 aliphatic heterocycles. The molecule has 2 aromatic carbocycles. The second kappa shape index (κ2) is 10.5. The average molecular weight is 458 g/mol. The average Bonchev–Trinajstić information content (AvgIpc) is 2.71. The number of sulfonamides is 1. The zero-order valence-corrected chi connectivity index (χ0v) is 21.0. The smallest absolute Gasteiger partial charge is 0.331 e. The number of rotatable bonds is 8. The summed E-state index contributed by atoms with van der Waals surface area (Å²) in [6, 6.07) is 10.8. The minimum absolute atomic E-state index is 0.0632. The van der Waals surface area contributed by atoms with Crippen LogP contribution < -0.4 is 0 Å². The Bertz CT molecular complexity index is 1050. The molecule has 0 heterocycles. The van der Waals surface area contributed by atoms with Crippen LogP contribution in [0, 0.1) is 13.8 Å². The Balaban J connectivity index is 2.04. The van der Waals surface area contributed by atoms with Gasteiger partial charge in [0.2, 0.25) is 10.0 Å². The van der Waals surface area contributed by atoms with E-state index >= 15 is 0 Å². The van der Waals surface area contributed by atoms with Crippen LogP contribution in [0.2, 0.25) is 0 Å². The quantitative estimate of drug-likeness (QED) is 0.394. The number of hydrogen-bond donors (Lipinski definition) is 0. The fourth-order valence-corrected chi connectivity index (χ4v) is 4.93. The van der Waals surface area contributed by atoms with Crippen molar-refractivity contribution in [2.45, 2.75) is 65.4 Å². The molecule has 0 bridgehead atoms.